The predicted molar refractivity (Wildman–Crippen MR) is 70.2 cm³/mol. The van der Waals surface area contributed by atoms with Crippen LogP contribution in [0.5, 0.6) is 5.75 Å². The Hall–Kier alpha value is -0.670. The highest BCUT2D eigenvalue weighted by molar-refractivity contribution is 7.99. The van der Waals surface area contributed by atoms with Gasteiger partial charge in [0.15, 0.2) is 0 Å². The Bertz CT molecular complexity index is 367. The summed E-state index contributed by atoms with van der Waals surface area (Å²) in [5.74, 6) is 2.08. The number of ether oxygens (including phenoxy) is 1. The van der Waals surface area contributed by atoms with Crippen molar-refractivity contribution < 1.29 is 4.74 Å². The quantitative estimate of drug-likeness (QED) is 0.854. The number of benzene rings is 1. The van der Waals surface area contributed by atoms with Gasteiger partial charge in [-0.25, -0.2) is 0 Å². The topological polar surface area (TPSA) is 21.3 Å². The Kier molecular flexibility index (Phi) is 3.77. The minimum Gasteiger partial charge on any atom is -0.496 e. The molecule has 1 aromatic rings. The zero-order valence-electron chi connectivity index (χ0n) is 10.1. The van der Waals surface area contributed by atoms with E-state index >= 15 is 0 Å². The van der Waals surface area contributed by atoms with E-state index in [2.05, 4.69) is 30.4 Å². The first kappa shape index (κ1) is 11.8. The molecular weight excluding hydrogens is 218 g/mol. The molecule has 1 aliphatic heterocycles. The second-order valence-corrected chi connectivity index (χ2v) is 5.65. The van der Waals surface area contributed by atoms with Gasteiger partial charge in [0.1, 0.15) is 5.75 Å². The minimum absolute atomic E-state index is 0.454. The third-order valence-electron chi connectivity index (χ3n) is 3.19. The van der Waals surface area contributed by atoms with E-state index in [-0.39, 0.29) is 0 Å². The van der Waals surface area contributed by atoms with Crippen LogP contribution in [0.15, 0.2) is 18.2 Å². The molecule has 0 fully saturated rings. The molecular formula is C13H19NOS. The van der Waals surface area contributed by atoms with Crippen LogP contribution < -0.4 is 10.1 Å². The molecule has 2 unspecified atom stereocenters. The van der Waals surface area contributed by atoms with Crippen LogP contribution in [-0.2, 0) is 5.75 Å². The molecule has 0 amide bonds. The van der Waals surface area contributed by atoms with Crippen molar-refractivity contribution in [2.24, 2.45) is 0 Å². The normalized spacial score (nSPS) is 24.7. The van der Waals surface area contributed by atoms with Crippen LogP contribution in [-0.4, -0.2) is 19.4 Å². The van der Waals surface area contributed by atoms with E-state index in [0.717, 1.165) is 11.5 Å². The highest BCUT2D eigenvalue weighted by Gasteiger charge is 2.23. The summed E-state index contributed by atoms with van der Waals surface area (Å²) in [6.45, 7) is 2.30. The number of hydrogen-bond acceptors (Lipinski definition) is 3. The van der Waals surface area contributed by atoms with Crippen molar-refractivity contribution in [2.75, 3.05) is 14.2 Å². The first-order valence-corrected chi connectivity index (χ1v) is 6.75. The van der Waals surface area contributed by atoms with E-state index in [1.165, 1.54) is 17.5 Å². The van der Waals surface area contributed by atoms with Gasteiger partial charge >= 0.3 is 0 Å². The molecule has 0 saturated carbocycles. The fraction of sp³-hybridized carbons (Fsp3) is 0.538. The predicted octanol–water partition coefficient (Wildman–Crippen LogP) is 2.98. The van der Waals surface area contributed by atoms with Gasteiger partial charge in [-0.1, -0.05) is 19.1 Å². The van der Waals surface area contributed by atoms with Crippen LogP contribution in [0, 0.1) is 0 Å². The lowest BCUT2D eigenvalue weighted by Gasteiger charge is -2.19. The molecule has 1 N–H and O–H groups in total. The van der Waals surface area contributed by atoms with Crippen LogP contribution in [0.25, 0.3) is 0 Å². The van der Waals surface area contributed by atoms with E-state index in [1.807, 2.05) is 18.8 Å². The first-order valence-electron chi connectivity index (χ1n) is 5.71. The molecule has 1 aliphatic rings. The van der Waals surface area contributed by atoms with Gasteiger partial charge in [-0.15, -0.1) is 0 Å². The van der Waals surface area contributed by atoms with Gasteiger partial charge in [0.05, 0.1) is 7.11 Å². The van der Waals surface area contributed by atoms with Crippen molar-refractivity contribution in [2.45, 2.75) is 30.4 Å². The van der Waals surface area contributed by atoms with Crippen LogP contribution in [0.4, 0.5) is 0 Å². The summed E-state index contributed by atoms with van der Waals surface area (Å²) in [5, 5.41) is 4.10. The van der Waals surface area contributed by atoms with Crippen molar-refractivity contribution >= 4 is 11.8 Å². The van der Waals surface area contributed by atoms with Crippen molar-refractivity contribution in [1.29, 1.82) is 0 Å². The molecule has 0 bridgehead atoms. The van der Waals surface area contributed by atoms with Gasteiger partial charge in [0.2, 0.25) is 0 Å². The Balaban J connectivity index is 2.43. The average molecular weight is 237 g/mol. The number of fused-ring (bicyclic) bond motifs is 1. The number of nitrogens with one attached hydrogen (secondary N) is 1. The SMILES string of the molecule is CNC1CC(C)SCc2c(OC)cccc21. The van der Waals surface area contributed by atoms with Gasteiger partial charge in [-0.05, 0) is 25.1 Å². The number of rotatable bonds is 2. The van der Waals surface area contributed by atoms with Gasteiger partial charge in [-0.3, -0.25) is 0 Å². The van der Waals surface area contributed by atoms with Crippen molar-refractivity contribution in [1.82, 2.24) is 5.32 Å². The summed E-state index contributed by atoms with van der Waals surface area (Å²) in [6.07, 6.45) is 1.18. The lowest BCUT2D eigenvalue weighted by Crippen LogP contribution is -2.19. The minimum atomic E-state index is 0.454. The zero-order valence-corrected chi connectivity index (χ0v) is 10.9. The largest absolute Gasteiger partial charge is 0.496 e. The highest BCUT2D eigenvalue weighted by atomic mass is 32.2. The summed E-state index contributed by atoms with van der Waals surface area (Å²) in [4.78, 5) is 0. The zero-order chi connectivity index (χ0) is 11.5. The fourth-order valence-electron chi connectivity index (χ4n) is 2.28. The molecule has 2 nitrogen and oxygen atoms in total. The Morgan fingerprint density at radius 2 is 2.25 bits per heavy atom. The van der Waals surface area contributed by atoms with E-state index in [4.69, 9.17) is 4.74 Å². The highest BCUT2D eigenvalue weighted by Crippen LogP contribution is 2.38. The lowest BCUT2D eigenvalue weighted by atomic mass is 9.97. The van der Waals surface area contributed by atoms with Gasteiger partial charge in [0, 0.05) is 22.6 Å². The number of thioether (sulfide) groups is 1. The van der Waals surface area contributed by atoms with Crippen molar-refractivity contribution in [3.63, 3.8) is 0 Å². The third kappa shape index (κ3) is 2.20. The van der Waals surface area contributed by atoms with Gasteiger partial charge in [0.25, 0.3) is 0 Å². The molecule has 0 saturated heterocycles. The fourth-order valence-corrected chi connectivity index (χ4v) is 3.37. The van der Waals surface area contributed by atoms with E-state index in [1.54, 1.807) is 7.11 Å². The molecule has 2 atom stereocenters. The summed E-state index contributed by atoms with van der Waals surface area (Å²) in [6, 6.07) is 6.82. The monoisotopic (exact) mass is 237 g/mol. The van der Waals surface area contributed by atoms with Crippen molar-refractivity contribution in [3.05, 3.63) is 29.3 Å². The molecule has 0 spiro atoms. The summed E-state index contributed by atoms with van der Waals surface area (Å²) < 4.78 is 5.46. The molecule has 88 valence electrons. The summed E-state index contributed by atoms with van der Waals surface area (Å²) in [5.41, 5.74) is 2.76. The van der Waals surface area contributed by atoms with Gasteiger partial charge < -0.3 is 10.1 Å². The van der Waals surface area contributed by atoms with Crippen LogP contribution >= 0.6 is 11.8 Å². The molecule has 3 heteroatoms. The number of methoxy groups -OCH3 is 1. The molecule has 0 aromatic heterocycles. The second-order valence-electron chi connectivity index (χ2n) is 4.23. The summed E-state index contributed by atoms with van der Waals surface area (Å²) >= 11 is 2.01. The average Bonchev–Trinajstić information content (AvgIpc) is 2.48. The lowest BCUT2D eigenvalue weighted by molar-refractivity contribution is 0.409. The van der Waals surface area contributed by atoms with Crippen LogP contribution in [0.2, 0.25) is 0 Å². The molecule has 2 rings (SSSR count). The van der Waals surface area contributed by atoms with Crippen LogP contribution in [0.1, 0.15) is 30.5 Å². The second kappa shape index (κ2) is 5.11. The van der Waals surface area contributed by atoms with Crippen LogP contribution in [0.3, 0.4) is 0 Å². The van der Waals surface area contributed by atoms with E-state index in [0.29, 0.717) is 11.3 Å². The third-order valence-corrected chi connectivity index (χ3v) is 4.41. The Morgan fingerprint density at radius 1 is 1.44 bits per heavy atom. The van der Waals surface area contributed by atoms with Gasteiger partial charge in [-0.2, -0.15) is 11.8 Å². The Labute approximate surface area is 102 Å². The standard InChI is InChI=1S/C13H19NOS/c1-9-7-12(14-2)10-5-4-6-13(15-3)11(10)8-16-9/h4-6,9,12,14H,7-8H2,1-3H3. The molecule has 1 aromatic carbocycles. The van der Waals surface area contributed by atoms with E-state index in [9.17, 15) is 0 Å². The molecule has 0 aliphatic carbocycles. The maximum absolute atomic E-state index is 5.46. The summed E-state index contributed by atoms with van der Waals surface area (Å²) in [7, 11) is 3.79. The maximum Gasteiger partial charge on any atom is 0.123 e. The van der Waals surface area contributed by atoms with Crippen molar-refractivity contribution in [3.8, 4) is 5.75 Å². The first-order chi connectivity index (χ1) is 7.76. The molecule has 0 radical (unpaired) electrons. The molecule has 16 heavy (non-hydrogen) atoms. The smallest absolute Gasteiger partial charge is 0.123 e. The Morgan fingerprint density at radius 3 is 2.94 bits per heavy atom. The maximum atomic E-state index is 5.46. The number of hydrogen-bond donors (Lipinski definition) is 1. The molecule has 1 heterocycles. The van der Waals surface area contributed by atoms with E-state index < -0.39 is 0 Å².